The monoisotopic (exact) mass is 404 g/mol. The second-order valence-corrected chi connectivity index (χ2v) is 7.61. The number of halogens is 4. The Morgan fingerprint density at radius 2 is 1.63 bits per heavy atom. The summed E-state index contributed by atoms with van der Waals surface area (Å²) < 4.78 is 76.6. The lowest BCUT2D eigenvalue weighted by molar-refractivity contribution is -0.137. The molecular formula is C17H16F4N2O3S. The van der Waals surface area contributed by atoms with Crippen LogP contribution in [0.1, 0.15) is 12.5 Å². The Balaban J connectivity index is 2.27. The van der Waals surface area contributed by atoms with Gasteiger partial charge in [-0.25, -0.2) is 12.8 Å². The molecule has 1 atom stereocenters. The first-order valence-electron chi connectivity index (χ1n) is 7.63. The topological polar surface area (TPSA) is 66.5 Å². The predicted molar refractivity (Wildman–Crippen MR) is 93.3 cm³/mol. The minimum absolute atomic E-state index is 0.0434. The largest absolute Gasteiger partial charge is 0.416 e. The molecule has 1 amide bonds. The van der Waals surface area contributed by atoms with Crippen LogP contribution in [0, 0.1) is 5.82 Å². The van der Waals surface area contributed by atoms with Crippen molar-refractivity contribution in [1.29, 1.82) is 0 Å². The van der Waals surface area contributed by atoms with E-state index in [1.165, 1.54) is 25.1 Å². The van der Waals surface area contributed by atoms with Crippen LogP contribution in [-0.2, 0) is 21.0 Å². The van der Waals surface area contributed by atoms with Crippen molar-refractivity contribution in [3.63, 3.8) is 0 Å². The van der Waals surface area contributed by atoms with Gasteiger partial charge < -0.3 is 5.32 Å². The molecule has 10 heteroatoms. The van der Waals surface area contributed by atoms with Crippen LogP contribution in [0.25, 0.3) is 0 Å². The minimum Gasteiger partial charge on any atom is -0.324 e. The summed E-state index contributed by atoms with van der Waals surface area (Å²) in [5.74, 6) is -1.67. The molecule has 5 nitrogen and oxygen atoms in total. The Morgan fingerprint density at radius 3 is 2.11 bits per heavy atom. The van der Waals surface area contributed by atoms with E-state index in [2.05, 4.69) is 5.32 Å². The second-order valence-electron chi connectivity index (χ2n) is 5.75. The molecule has 0 saturated carbocycles. The van der Waals surface area contributed by atoms with Crippen molar-refractivity contribution in [3.8, 4) is 0 Å². The van der Waals surface area contributed by atoms with E-state index < -0.39 is 39.5 Å². The number of nitrogens with one attached hydrogen (secondary N) is 1. The summed E-state index contributed by atoms with van der Waals surface area (Å²) in [5, 5.41) is 2.33. The van der Waals surface area contributed by atoms with E-state index in [0.717, 1.165) is 36.6 Å². The van der Waals surface area contributed by atoms with Gasteiger partial charge in [0.05, 0.1) is 17.5 Å². The molecule has 0 fully saturated rings. The number of carbonyl (C=O) groups excluding carboxylic acids is 1. The van der Waals surface area contributed by atoms with Crippen LogP contribution >= 0.6 is 0 Å². The van der Waals surface area contributed by atoms with Gasteiger partial charge in [0.2, 0.25) is 15.9 Å². The summed E-state index contributed by atoms with van der Waals surface area (Å²) in [5.41, 5.74) is -1.16. The van der Waals surface area contributed by atoms with Gasteiger partial charge in [0.25, 0.3) is 0 Å². The van der Waals surface area contributed by atoms with Gasteiger partial charge in [-0.3, -0.25) is 9.10 Å². The van der Waals surface area contributed by atoms with E-state index in [9.17, 15) is 30.8 Å². The summed E-state index contributed by atoms with van der Waals surface area (Å²) in [4.78, 5) is 12.4. The number of benzene rings is 2. The number of amides is 1. The molecule has 1 N–H and O–H groups in total. The number of anilines is 2. The highest BCUT2D eigenvalue weighted by atomic mass is 32.2. The summed E-state index contributed by atoms with van der Waals surface area (Å²) >= 11 is 0. The fourth-order valence-electron chi connectivity index (χ4n) is 2.40. The summed E-state index contributed by atoms with van der Waals surface area (Å²) in [7, 11) is -4.02. The second kappa shape index (κ2) is 7.55. The Bertz CT molecular complexity index is 928. The summed E-state index contributed by atoms with van der Waals surface area (Å²) in [6.07, 6.45) is -3.70. The van der Waals surface area contributed by atoms with Crippen LogP contribution < -0.4 is 9.62 Å². The third-order valence-corrected chi connectivity index (χ3v) is 4.89. The van der Waals surface area contributed by atoms with E-state index >= 15 is 0 Å². The van der Waals surface area contributed by atoms with E-state index in [-0.39, 0.29) is 11.4 Å². The van der Waals surface area contributed by atoms with Crippen LogP contribution in [-0.4, -0.2) is 26.6 Å². The van der Waals surface area contributed by atoms with Crippen LogP contribution in [0.5, 0.6) is 0 Å². The first-order valence-corrected chi connectivity index (χ1v) is 9.48. The number of para-hydroxylation sites is 1. The highest BCUT2D eigenvalue weighted by Gasteiger charge is 2.32. The minimum atomic E-state index is -4.52. The SMILES string of the molecule is C[C@@H](C(=O)Nc1ccc(C(F)(F)F)cc1)N(c1ccccc1F)S(C)(=O)=O. The van der Waals surface area contributed by atoms with Crippen molar-refractivity contribution in [2.24, 2.45) is 0 Å². The molecule has 27 heavy (non-hydrogen) atoms. The molecule has 0 aromatic heterocycles. The molecule has 2 aromatic carbocycles. The van der Waals surface area contributed by atoms with Crippen molar-refractivity contribution in [2.75, 3.05) is 15.9 Å². The molecule has 0 unspecified atom stereocenters. The van der Waals surface area contributed by atoms with Gasteiger partial charge in [-0.05, 0) is 43.3 Å². The molecule has 0 saturated heterocycles. The average Bonchev–Trinajstić information content (AvgIpc) is 2.55. The Labute approximate surface area is 153 Å². The van der Waals surface area contributed by atoms with E-state index in [4.69, 9.17) is 0 Å². The molecule has 2 rings (SSSR count). The molecule has 146 valence electrons. The maximum atomic E-state index is 14.0. The van der Waals surface area contributed by atoms with Crippen molar-refractivity contribution in [2.45, 2.75) is 19.1 Å². The fraction of sp³-hybridized carbons (Fsp3) is 0.235. The Hall–Kier alpha value is -2.62. The molecule has 0 heterocycles. The first kappa shape index (κ1) is 20.7. The molecule has 0 aliphatic heterocycles. The number of carbonyl (C=O) groups is 1. The molecule has 2 aromatic rings. The maximum Gasteiger partial charge on any atom is 0.416 e. The molecule has 0 aliphatic rings. The van der Waals surface area contributed by atoms with Crippen LogP contribution in [0.2, 0.25) is 0 Å². The third-order valence-electron chi connectivity index (χ3n) is 3.66. The number of nitrogens with zero attached hydrogens (tertiary/aromatic N) is 1. The Morgan fingerprint density at radius 1 is 1.07 bits per heavy atom. The summed E-state index contributed by atoms with van der Waals surface area (Å²) in [6, 6.07) is 7.34. The van der Waals surface area contributed by atoms with Crippen LogP contribution in [0.4, 0.5) is 28.9 Å². The van der Waals surface area contributed by atoms with E-state index in [1.54, 1.807) is 0 Å². The lowest BCUT2D eigenvalue weighted by Gasteiger charge is -2.28. The van der Waals surface area contributed by atoms with Gasteiger partial charge in [0, 0.05) is 5.69 Å². The van der Waals surface area contributed by atoms with Crippen LogP contribution in [0.3, 0.4) is 0 Å². The van der Waals surface area contributed by atoms with Gasteiger partial charge in [-0.15, -0.1) is 0 Å². The van der Waals surface area contributed by atoms with E-state index in [1.807, 2.05) is 0 Å². The fourth-order valence-corrected chi connectivity index (χ4v) is 3.58. The zero-order valence-electron chi connectivity index (χ0n) is 14.3. The maximum absolute atomic E-state index is 14.0. The van der Waals surface area contributed by atoms with Crippen molar-refractivity contribution in [3.05, 3.63) is 59.9 Å². The lowest BCUT2D eigenvalue weighted by atomic mass is 10.2. The highest BCUT2D eigenvalue weighted by Crippen LogP contribution is 2.30. The van der Waals surface area contributed by atoms with Crippen molar-refractivity contribution >= 4 is 27.3 Å². The first-order chi connectivity index (χ1) is 12.4. The standard InChI is InChI=1S/C17H16F4N2O3S/c1-11(23(27(2,25)26)15-6-4-3-5-14(15)18)16(24)22-13-9-7-12(8-10-13)17(19,20)21/h3-11H,1-2H3,(H,22,24)/t11-/m0/s1. The predicted octanol–water partition coefficient (Wildman–Crippen LogP) is 3.64. The third kappa shape index (κ3) is 4.97. The number of rotatable bonds is 5. The number of sulfonamides is 1. The van der Waals surface area contributed by atoms with Crippen molar-refractivity contribution in [1.82, 2.24) is 0 Å². The molecule has 0 spiro atoms. The zero-order valence-corrected chi connectivity index (χ0v) is 15.1. The number of hydrogen-bond acceptors (Lipinski definition) is 3. The molecule has 0 bridgehead atoms. The molecule has 0 radical (unpaired) electrons. The van der Waals surface area contributed by atoms with Gasteiger partial charge >= 0.3 is 6.18 Å². The van der Waals surface area contributed by atoms with Crippen molar-refractivity contribution < 1.29 is 30.8 Å². The number of alkyl halides is 3. The van der Waals surface area contributed by atoms with E-state index in [0.29, 0.717) is 4.31 Å². The van der Waals surface area contributed by atoms with Gasteiger partial charge in [0.15, 0.2) is 0 Å². The quantitative estimate of drug-likeness (QED) is 0.774. The zero-order chi connectivity index (χ0) is 20.4. The average molecular weight is 404 g/mol. The smallest absolute Gasteiger partial charge is 0.324 e. The Kier molecular flexibility index (Phi) is 5.79. The van der Waals surface area contributed by atoms with Gasteiger partial charge in [0.1, 0.15) is 11.9 Å². The normalized spacial score (nSPS) is 13.1. The number of hydrogen-bond donors (Lipinski definition) is 1. The van der Waals surface area contributed by atoms with Gasteiger partial charge in [-0.1, -0.05) is 12.1 Å². The summed E-state index contributed by atoms with van der Waals surface area (Å²) in [6.45, 7) is 1.24. The molecule has 0 aliphatic carbocycles. The molecular weight excluding hydrogens is 388 g/mol. The highest BCUT2D eigenvalue weighted by molar-refractivity contribution is 7.92. The van der Waals surface area contributed by atoms with Gasteiger partial charge in [-0.2, -0.15) is 13.2 Å². The van der Waals surface area contributed by atoms with Crippen LogP contribution in [0.15, 0.2) is 48.5 Å². The lowest BCUT2D eigenvalue weighted by Crippen LogP contribution is -2.45.